The van der Waals surface area contributed by atoms with E-state index in [1.54, 1.807) is 12.1 Å². The van der Waals surface area contributed by atoms with Crippen molar-refractivity contribution in [3.05, 3.63) is 30.9 Å². The number of ether oxygens (including phenoxy) is 2. The monoisotopic (exact) mass is 344 g/mol. The van der Waals surface area contributed by atoms with Gasteiger partial charge in [0.15, 0.2) is 11.5 Å². The number of carbonyl (C=O) groups is 2. The number of rotatable bonds is 5. The Morgan fingerprint density at radius 2 is 1.68 bits per heavy atom. The van der Waals surface area contributed by atoms with Crippen LogP contribution in [-0.2, 0) is 9.59 Å². The van der Waals surface area contributed by atoms with Crippen molar-refractivity contribution < 1.29 is 19.1 Å². The lowest BCUT2D eigenvalue weighted by molar-refractivity contribution is -0.128. The van der Waals surface area contributed by atoms with E-state index in [0.717, 1.165) is 25.7 Å². The summed E-state index contributed by atoms with van der Waals surface area (Å²) in [6.07, 6.45) is 4.60. The van der Waals surface area contributed by atoms with Crippen molar-refractivity contribution >= 4 is 17.5 Å². The molecule has 0 bridgehead atoms. The maximum atomic E-state index is 12.5. The highest BCUT2D eigenvalue weighted by atomic mass is 16.6. The minimum absolute atomic E-state index is 0.00151. The lowest BCUT2D eigenvalue weighted by Crippen LogP contribution is -2.35. The normalized spacial score (nSPS) is 21.9. The molecule has 0 atom stereocenters. The van der Waals surface area contributed by atoms with Gasteiger partial charge in [0, 0.05) is 30.1 Å². The molecule has 25 heavy (non-hydrogen) atoms. The second-order valence-corrected chi connectivity index (χ2v) is 6.43. The molecule has 1 fully saturated rings. The number of hydrogen-bond donors (Lipinski definition) is 2. The quantitative estimate of drug-likeness (QED) is 0.805. The van der Waals surface area contributed by atoms with Gasteiger partial charge >= 0.3 is 0 Å². The van der Waals surface area contributed by atoms with Gasteiger partial charge in [0.2, 0.25) is 11.8 Å². The molecule has 2 N–H and O–H groups in total. The van der Waals surface area contributed by atoms with E-state index in [2.05, 4.69) is 17.2 Å². The summed E-state index contributed by atoms with van der Waals surface area (Å²) in [6.45, 7) is 5.14. The average Bonchev–Trinajstić information content (AvgIpc) is 2.66. The van der Waals surface area contributed by atoms with Crippen LogP contribution in [0.3, 0.4) is 0 Å². The Labute approximate surface area is 147 Å². The van der Waals surface area contributed by atoms with Gasteiger partial charge in [0.25, 0.3) is 0 Å². The summed E-state index contributed by atoms with van der Waals surface area (Å²) >= 11 is 0. The highest BCUT2D eigenvalue weighted by Crippen LogP contribution is 2.34. The van der Waals surface area contributed by atoms with Crippen molar-refractivity contribution in [3.63, 3.8) is 0 Å². The summed E-state index contributed by atoms with van der Waals surface area (Å²) in [7, 11) is 0. The smallest absolute Gasteiger partial charge is 0.227 e. The number of benzene rings is 1. The summed E-state index contributed by atoms with van der Waals surface area (Å²) in [6, 6.07) is 5.42. The maximum Gasteiger partial charge on any atom is 0.227 e. The number of fused-ring (bicyclic) bond motifs is 1. The summed E-state index contributed by atoms with van der Waals surface area (Å²) < 4.78 is 11.0. The van der Waals surface area contributed by atoms with Crippen molar-refractivity contribution in [1.82, 2.24) is 5.32 Å². The standard InChI is InChI=1S/C19H24N2O4/c1-2-9-20-18(22)13-3-5-14(6-4-13)19(23)21-15-7-8-16-17(12-15)25-11-10-24-16/h2,7-8,12-14H,1,3-6,9-11H2,(H,20,22)(H,21,23). The third-order valence-electron chi connectivity index (χ3n) is 4.70. The van der Waals surface area contributed by atoms with Crippen LogP contribution in [0.1, 0.15) is 25.7 Å². The van der Waals surface area contributed by atoms with Gasteiger partial charge in [-0.25, -0.2) is 0 Å². The summed E-state index contributed by atoms with van der Waals surface area (Å²) in [5.41, 5.74) is 0.708. The second-order valence-electron chi connectivity index (χ2n) is 6.43. The molecule has 0 aromatic heterocycles. The molecule has 1 aliphatic heterocycles. The van der Waals surface area contributed by atoms with Crippen molar-refractivity contribution in [1.29, 1.82) is 0 Å². The van der Waals surface area contributed by atoms with Crippen molar-refractivity contribution in [2.75, 3.05) is 25.1 Å². The Bertz CT molecular complexity index is 651. The topological polar surface area (TPSA) is 76.7 Å². The van der Waals surface area contributed by atoms with Crippen molar-refractivity contribution in [3.8, 4) is 11.5 Å². The summed E-state index contributed by atoms with van der Waals surface area (Å²) in [5.74, 6) is 1.36. The zero-order chi connectivity index (χ0) is 17.6. The van der Waals surface area contributed by atoms with E-state index < -0.39 is 0 Å². The van der Waals surface area contributed by atoms with E-state index in [4.69, 9.17) is 9.47 Å². The molecule has 0 unspecified atom stereocenters. The van der Waals surface area contributed by atoms with E-state index in [9.17, 15) is 9.59 Å². The predicted molar refractivity (Wildman–Crippen MR) is 94.7 cm³/mol. The van der Waals surface area contributed by atoms with E-state index in [1.165, 1.54) is 0 Å². The van der Waals surface area contributed by atoms with Crippen LogP contribution in [0.5, 0.6) is 11.5 Å². The van der Waals surface area contributed by atoms with Crippen molar-refractivity contribution in [2.45, 2.75) is 25.7 Å². The largest absolute Gasteiger partial charge is 0.486 e. The molecule has 0 radical (unpaired) electrons. The summed E-state index contributed by atoms with van der Waals surface area (Å²) in [4.78, 5) is 24.5. The van der Waals surface area contributed by atoms with Crippen LogP contribution in [0.25, 0.3) is 0 Å². The van der Waals surface area contributed by atoms with Crippen LogP contribution >= 0.6 is 0 Å². The number of nitrogens with one attached hydrogen (secondary N) is 2. The molecular formula is C19H24N2O4. The van der Waals surface area contributed by atoms with Gasteiger partial charge in [-0.2, -0.15) is 0 Å². The Hall–Kier alpha value is -2.50. The fourth-order valence-corrected chi connectivity index (χ4v) is 3.30. The minimum atomic E-state index is -0.0587. The molecule has 1 aromatic carbocycles. The average molecular weight is 344 g/mol. The number of amides is 2. The van der Waals surface area contributed by atoms with E-state index >= 15 is 0 Å². The minimum Gasteiger partial charge on any atom is -0.486 e. The number of carbonyl (C=O) groups excluding carboxylic acids is 2. The van der Waals surface area contributed by atoms with Gasteiger partial charge in [-0.3, -0.25) is 9.59 Å². The zero-order valence-electron chi connectivity index (χ0n) is 14.3. The number of anilines is 1. The van der Waals surface area contributed by atoms with Gasteiger partial charge in [0.05, 0.1) is 0 Å². The fraction of sp³-hybridized carbons (Fsp3) is 0.474. The molecule has 3 rings (SSSR count). The second kappa shape index (κ2) is 8.05. The Balaban J connectivity index is 1.51. The molecule has 1 aliphatic carbocycles. The molecule has 2 aliphatic rings. The van der Waals surface area contributed by atoms with Crippen LogP contribution < -0.4 is 20.1 Å². The molecule has 0 spiro atoms. The molecule has 134 valence electrons. The molecule has 6 heteroatoms. The Morgan fingerprint density at radius 1 is 1.04 bits per heavy atom. The predicted octanol–water partition coefficient (Wildman–Crippen LogP) is 2.50. The third-order valence-corrected chi connectivity index (χ3v) is 4.70. The van der Waals surface area contributed by atoms with Gasteiger partial charge < -0.3 is 20.1 Å². The van der Waals surface area contributed by atoms with E-state index in [-0.39, 0.29) is 23.7 Å². The Morgan fingerprint density at radius 3 is 2.36 bits per heavy atom. The lowest BCUT2D eigenvalue weighted by atomic mass is 9.81. The van der Waals surface area contributed by atoms with Gasteiger partial charge in [-0.15, -0.1) is 6.58 Å². The van der Waals surface area contributed by atoms with Crippen molar-refractivity contribution in [2.24, 2.45) is 11.8 Å². The molecule has 0 saturated heterocycles. The lowest BCUT2D eigenvalue weighted by Gasteiger charge is -2.27. The van der Waals surface area contributed by atoms with Crippen LogP contribution in [0.2, 0.25) is 0 Å². The molecule has 2 amide bonds. The van der Waals surface area contributed by atoms with Gasteiger partial charge in [-0.1, -0.05) is 6.08 Å². The van der Waals surface area contributed by atoms with E-state index in [0.29, 0.717) is 36.9 Å². The van der Waals surface area contributed by atoms with Crippen LogP contribution in [0, 0.1) is 11.8 Å². The van der Waals surface area contributed by atoms with Gasteiger partial charge in [-0.05, 0) is 37.8 Å². The van der Waals surface area contributed by atoms with E-state index in [1.807, 2.05) is 12.1 Å². The first kappa shape index (κ1) is 17.3. The van der Waals surface area contributed by atoms with Crippen LogP contribution in [0.15, 0.2) is 30.9 Å². The Kier molecular flexibility index (Phi) is 5.58. The van der Waals surface area contributed by atoms with Crippen LogP contribution in [0.4, 0.5) is 5.69 Å². The first-order valence-electron chi connectivity index (χ1n) is 8.76. The first-order valence-corrected chi connectivity index (χ1v) is 8.76. The molecular weight excluding hydrogens is 320 g/mol. The molecule has 6 nitrogen and oxygen atoms in total. The number of hydrogen-bond acceptors (Lipinski definition) is 4. The molecule has 1 aromatic rings. The molecule has 1 heterocycles. The zero-order valence-corrected chi connectivity index (χ0v) is 14.3. The highest BCUT2D eigenvalue weighted by Gasteiger charge is 2.29. The first-order chi connectivity index (χ1) is 12.2. The maximum absolute atomic E-state index is 12.5. The molecule has 1 saturated carbocycles. The fourth-order valence-electron chi connectivity index (χ4n) is 3.30. The SMILES string of the molecule is C=CCNC(=O)C1CCC(C(=O)Nc2ccc3c(c2)OCCO3)CC1. The highest BCUT2D eigenvalue weighted by molar-refractivity contribution is 5.93. The third kappa shape index (κ3) is 4.32. The van der Waals surface area contributed by atoms with Gasteiger partial charge in [0.1, 0.15) is 13.2 Å². The summed E-state index contributed by atoms with van der Waals surface area (Å²) in [5, 5.41) is 5.78. The van der Waals surface area contributed by atoms with Crippen LogP contribution in [-0.4, -0.2) is 31.6 Å².